The molecule has 0 aromatic heterocycles. The van der Waals surface area contributed by atoms with E-state index in [0.29, 0.717) is 0 Å². The Balaban J connectivity index is 2.08. The van der Waals surface area contributed by atoms with Crippen molar-refractivity contribution >= 4 is 22.0 Å². The SMILES string of the molecule is Brc1ccc(C=C=CC2=CC=CC2)cc1. The van der Waals surface area contributed by atoms with E-state index in [0.717, 1.165) is 10.9 Å². The molecule has 0 bridgehead atoms. The van der Waals surface area contributed by atoms with Gasteiger partial charge in [-0.15, -0.1) is 5.73 Å². The topological polar surface area (TPSA) is 0 Å². The Bertz CT molecular complexity index is 455. The molecule has 0 heterocycles. The van der Waals surface area contributed by atoms with E-state index in [2.05, 4.69) is 52.0 Å². The summed E-state index contributed by atoms with van der Waals surface area (Å²) in [6.07, 6.45) is 11.4. The highest BCUT2D eigenvalue weighted by Gasteiger charge is 1.91. The summed E-state index contributed by atoms with van der Waals surface area (Å²) in [7, 11) is 0. The van der Waals surface area contributed by atoms with Gasteiger partial charge in [0.25, 0.3) is 0 Å². The van der Waals surface area contributed by atoms with Gasteiger partial charge >= 0.3 is 0 Å². The lowest BCUT2D eigenvalue weighted by atomic mass is 10.2. The van der Waals surface area contributed by atoms with Gasteiger partial charge in [0.1, 0.15) is 0 Å². The maximum Gasteiger partial charge on any atom is 0.0175 e. The number of halogens is 1. The van der Waals surface area contributed by atoms with Crippen LogP contribution in [-0.2, 0) is 0 Å². The van der Waals surface area contributed by atoms with Crippen molar-refractivity contribution in [1.29, 1.82) is 0 Å². The van der Waals surface area contributed by atoms with E-state index in [9.17, 15) is 0 Å². The standard InChI is InChI=1S/C14H11Br/c15-14-10-8-13(9-11-14)7-3-6-12-4-1-2-5-12/h1-2,4,6-11H,5H2. The number of allylic oxidation sites excluding steroid dienone is 5. The van der Waals surface area contributed by atoms with Crippen LogP contribution in [0.4, 0.5) is 0 Å². The van der Waals surface area contributed by atoms with Crippen LogP contribution in [0.25, 0.3) is 6.08 Å². The van der Waals surface area contributed by atoms with Gasteiger partial charge in [0, 0.05) is 4.47 Å². The Morgan fingerprint density at radius 2 is 1.93 bits per heavy atom. The second kappa shape index (κ2) is 4.97. The predicted molar refractivity (Wildman–Crippen MR) is 68.5 cm³/mol. The van der Waals surface area contributed by atoms with Crippen LogP contribution in [0.15, 0.2) is 64.3 Å². The molecule has 15 heavy (non-hydrogen) atoms. The van der Waals surface area contributed by atoms with E-state index in [4.69, 9.17) is 0 Å². The van der Waals surface area contributed by atoms with Crippen LogP contribution < -0.4 is 0 Å². The van der Waals surface area contributed by atoms with Gasteiger partial charge in [0.05, 0.1) is 0 Å². The Morgan fingerprint density at radius 1 is 1.13 bits per heavy atom. The van der Waals surface area contributed by atoms with Gasteiger partial charge in [0.2, 0.25) is 0 Å². The van der Waals surface area contributed by atoms with E-state index >= 15 is 0 Å². The number of hydrogen-bond acceptors (Lipinski definition) is 0. The molecule has 1 aliphatic rings. The first-order valence-electron chi connectivity index (χ1n) is 4.88. The second-order valence-electron chi connectivity index (χ2n) is 3.38. The molecule has 1 aliphatic carbocycles. The average molecular weight is 259 g/mol. The Morgan fingerprint density at radius 3 is 2.60 bits per heavy atom. The zero-order valence-corrected chi connectivity index (χ0v) is 9.87. The minimum Gasteiger partial charge on any atom is -0.120 e. The van der Waals surface area contributed by atoms with E-state index in [-0.39, 0.29) is 0 Å². The lowest BCUT2D eigenvalue weighted by molar-refractivity contribution is 1.34. The van der Waals surface area contributed by atoms with Gasteiger partial charge in [-0.1, -0.05) is 46.3 Å². The molecule has 0 aliphatic heterocycles. The van der Waals surface area contributed by atoms with Crippen LogP contribution in [0.5, 0.6) is 0 Å². The highest BCUT2D eigenvalue weighted by atomic mass is 79.9. The summed E-state index contributed by atoms with van der Waals surface area (Å²) < 4.78 is 1.10. The third kappa shape index (κ3) is 3.09. The third-order valence-electron chi connectivity index (χ3n) is 2.19. The lowest BCUT2D eigenvalue weighted by Gasteiger charge is -1.91. The van der Waals surface area contributed by atoms with Crippen molar-refractivity contribution in [3.05, 3.63) is 69.9 Å². The minimum absolute atomic E-state index is 1.03. The zero-order chi connectivity index (χ0) is 10.5. The highest BCUT2D eigenvalue weighted by molar-refractivity contribution is 9.10. The summed E-state index contributed by atoms with van der Waals surface area (Å²) >= 11 is 3.41. The smallest absolute Gasteiger partial charge is 0.0175 e. The fourth-order valence-electron chi connectivity index (χ4n) is 1.37. The Labute approximate surface area is 98.5 Å². The van der Waals surface area contributed by atoms with Crippen molar-refractivity contribution < 1.29 is 0 Å². The minimum atomic E-state index is 1.03. The van der Waals surface area contributed by atoms with Crippen molar-refractivity contribution in [2.45, 2.75) is 6.42 Å². The molecule has 1 aromatic rings. The van der Waals surface area contributed by atoms with Gasteiger partial charge in [-0.05, 0) is 41.8 Å². The van der Waals surface area contributed by atoms with Crippen LogP contribution in [0.3, 0.4) is 0 Å². The van der Waals surface area contributed by atoms with E-state index < -0.39 is 0 Å². The quantitative estimate of drug-likeness (QED) is 0.686. The molecular formula is C14H11Br. The van der Waals surface area contributed by atoms with E-state index in [1.807, 2.05) is 24.3 Å². The molecule has 74 valence electrons. The molecule has 0 saturated heterocycles. The molecule has 0 unspecified atom stereocenters. The van der Waals surface area contributed by atoms with Crippen molar-refractivity contribution in [1.82, 2.24) is 0 Å². The number of hydrogen-bond donors (Lipinski definition) is 0. The first-order valence-corrected chi connectivity index (χ1v) is 5.68. The van der Waals surface area contributed by atoms with Crippen molar-refractivity contribution in [3.8, 4) is 0 Å². The summed E-state index contributed by atoms with van der Waals surface area (Å²) in [6.45, 7) is 0. The molecule has 0 radical (unpaired) electrons. The number of rotatable bonds is 2. The van der Waals surface area contributed by atoms with Gasteiger partial charge in [-0.2, -0.15) is 0 Å². The monoisotopic (exact) mass is 258 g/mol. The number of benzene rings is 1. The third-order valence-corrected chi connectivity index (χ3v) is 2.72. The fraction of sp³-hybridized carbons (Fsp3) is 0.0714. The van der Waals surface area contributed by atoms with E-state index in [1.165, 1.54) is 11.1 Å². The van der Waals surface area contributed by atoms with Crippen molar-refractivity contribution in [2.24, 2.45) is 0 Å². The maximum atomic E-state index is 3.41. The van der Waals surface area contributed by atoms with Crippen LogP contribution in [0.2, 0.25) is 0 Å². The van der Waals surface area contributed by atoms with Gasteiger partial charge in [-0.25, -0.2) is 0 Å². The summed E-state index contributed by atoms with van der Waals surface area (Å²) in [4.78, 5) is 0. The first-order chi connectivity index (χ1) is 7.34. The van der Waals surface area contributed by atoms with E-state index in [1.54, 1.807) is 0 Å². The Kier molecular flexibility index (Phi) is 3.39. The molecule has 0 spiro atoms. The molecule has 0 atom stereocenters. The zero-order valence-electron chi connectivity index (χ0n) is 8.28. The summed E-state index contributed by atoms with van der Waals surface area (Å²) in [5.41, 5.74) is 5.67. The van der Waals surface area contributed by atoms with Crippen molar-refractivity contribution in [3.63, 3.8) is 0 Å². The molecule has 0 saturated carbocycles. The summed E-state index contributed by atoms with van der Waals surface area (Å²) in [6, 6.07) is 8.19. The van der Waals surface area contributed by atoms with Crippen molar-refractivity contribution in [2.75, 3.05) is 0 Å². The fourth-order valence-corrected chi connectivity index (χ4v) is 1.64. The Hall–Kier alpha value is -1.30. The summed E-state index contributed by atoms with van der Waals surface area (Å²) in [5, 5.41) is 0. The summed E-state index contributed by atoms with van der Waals surface area (Å²) in [5.74, 6) is 0. The normalized spacial score (nSPS) is 13.3. The van der Waals surface area contributed by atoms with Gasteiger partial charge in [0.15, 0.2) is 0 Å². The molecule has 0 amide bonds. The van der Waals surface area contributed by atoms with Gasteiger partial charge in [-0.3, -0.25) is 0 Å². The van der Waals surface area contributed by atoms with Gasteiger partial charge < -0.3 is 0 Å². The first kappa shape index (κ1) is 10.2. The predicted octanol–water partition coefficient (Wildman–Crippen LogP) is 4.50. The molecular weight excluding hydrogens is 248 g/mol. The average Bonchev–Trinajstić information content (AvgIpc) is 2.74. The molecule has 1 heteroatoms. The largest absolute Gasteiger partial charge is 0.120 e. The second-order valence-corrected chi connectivity index (χ2v) is 4.30. The van der Waals surface area contributed by atoms with Crippen LogP contribution >= 0.6 is 15.9 Å². The molecule has 1 aromatic carbocycles. The van der Waals surface area contributed by atoms with Crippen LogP contribution in [0, 0.1) is 0 Å². The molecule has 0 fully saturated rings. The lowest BCUT2D eigenvalue weighted by Crippen LogP contribution is -1.69. The van der Waals surface area contributed by atoms with Crippen LogP contribution in [-0.4, -0.2) is 0 Å². The van der Waals surface area contributed by atoms with Crippen LogP contribution in [0.1, 0.15) is 12.0 Å². The highest BCUT2D eigenvalue weighted by Crippen LogP contribution is 2.12. The molecule has 0 N–H and O–H groups in total. The molecule has 0 nitrogen and oxygen atoms in total. The maximum absolute atomic E-state index is 3.41. The molecule has 2 rings (SSSR count).